The molecule has 2 aromatic carbocycles. The van der Waals surface area contributed by atoms with E-state index in [4.69, 9.17) is 14.9 Å². The third-order valence-corrected chi connectivity index (χ3v) is 7.19. The van der Waals surface area contributed by atoms with Crippen LogP contribution in [0, 0.1) is 5.41 Å². The summed E-state index contributed by atoms with van der Waals surface area (Å²) < 4.78 is 11.6. The molecule has 0 unspecified atom stereocenters. The lowest BCUT2D eigenvalue weighted by Crippen LogP contribution is -2.35. The van der Waals surface area contributed by atoms with E-state index in [0.717, 1.165) is 23.3 Å². The lowest BCUT2D eigenvalue weighted by molar-refractivity contribution is -0.114. The number of pyridine rings is 1. The number of carbonyl (C=O) groups excluding carboxylic acids is 1. The molecule has 9 heteroatoms. The van der Waals surface area contributed by atoms with E-state index in [0.29, 0.717) is 35.1 Å². The molecule has 0 aliphatic carbocycles. The van der Waals surface area contributed by atoms with Gasteiger partial charge in [0.25, 0.3) is 5.91 Å². The van der Waals surface area contributed by atoms with Gasteiger partial charge in [-0.25, -0.2) is 0 Å². The van der Waals surface area contributed by atoms with Gasteiger partial charge >= 0.3 is 0 Å². The molecule has 8 nitrogen and oxygen atoms in total. The zero-order valence-electron chi connectivity index (χ0n) is 21.1. The van der Waals surface area contributed by atoms with Crippen LogP contribution < -0.4 is 9.47 Å². The van der Waals surface area contributed by atoms with Gasteiger partial charge in [-0.05, 0) is 77.7 Å². The third kappa shape index (κ3) is 5.68. The van der Waals surface area contributed by atoms with Crippen molar-refractivity contribution < 1.29 is 14.3 Å². The number of hydrogen-bond donors (Lipinski definition) is 1. The van der Waals surface area contributed by atoms with Crippen LogP contribution in [0.15, 0.2) is 88.7 Å². The smallest absolute Gasteiger partial charge is 0.283 e. The van der Waals surface area contributed by atoms with E-state index in [2.05, 4.69) is 41.1 Å². The summed E-state index contributed by atoms with van der Waals surface area (Å²) in [5, 5.41) is 15.4. The Morgan fingerprint density at radius 3 is 2.34 bits per heavy atom. The highest BCUT2D eigenvalue weighted by atomic mass is 32.2. The van der Waals surface area contributed by atoms with Crippen molar-refractivity contribution in [3.63, 3.8) is 0 Å². The zero-order chi connectivity index (χ0) is 26.5. The largest absolute Gasteiger partial charge is 0.490 e. The number of hydrogen-bond acceptors (Lipinski definition) is 7. The number of nitrogens with one attached hydrogen (secondary N) is 1. The molecule has 2 aliphatic heterocycles. The van der Waals surface area contributed by atoms with Gasteiger partial charge in [-0.1, -0.05) is 38.1 Å². The first-order valence-electron chi connectivity index (χ1n) is 12.4. The number of benzene rings is 2. The summed E-state index contributed by atoms with van der Waals surface area (Å²) in [7, 11) is 0. The minimum Gasteiger partial charge on any atom is -0.490 e. The Morgan fingerprint density at radius 1 is 1.03 bits per heavy atom. The summed E-state index contributed by atoms with van der Waals surface area (Å²) in [6.07, 6.45) is 6.12. The lowest BCUT2D eigenvalue weighted by atomic mass is 9.99. The number of nitrogens with zero attached hydrogens (tertiary/aromatic N) is 4. The van der Waals surface area contributed by atoms with Crippen LogP contribution in [0.2, 0.25) is 0 Å². The number of ether oxygens (including phenoxy) is 2. The number of carbonyl (C=O) groups is 1. The van der Waals surface area contributed by atoms with E-state index in [1.807, 2.05) is 48.5 Å². The standard InChI is InChI=1S/C29H27N5O3S/c1-3-19(2)21-8-12-24(13-9-21)37-16-15-36-23-10-6-20(7-11-23)17-25-26(30)34-29(32-27(25)35)38-28(33-34)22-5-4-14-31-18-22/h4-14,17-19,30H,3,15-16H2,1-2H3/b25-17-,30-26?/t19-/m1/s1. The quantitative estimate of drug-likeness (QED) is 0.283. The predicted octanol–water partition coefficient (Wildman–Crippen LogP) is 5.72. The molecule has 0 spiro atoms. The first-order chi connectivity index (χ1) is 18.5. The first-order valence-corrected chi connectivity index (χ1v) is 13.2. The highest BCUT2D eigenvalue weighted by molar-refractivity contribution is 8.27. The Balaban J connectivity index is 1.17. The van der Waals surface area contributed by atoms with Crippen molar-refractivity contribution >= 4 is 39.8 Å². The maximum Gasteiger partial charge on any atom is 0.283 e. The summed E-state index contributed by atoms with van der Waals surface area (Å²) in [6.45, 7) is 5.23. The molecule has 1 amide bonds. The van der Waals surface area contributed by atoms with Gasteiger partial charge in [0.2, 0.25) is 5.17 Å². The number of aliphatic imine (C=N–C) groups is 1. The molecule has 0 radical (unpaired) electrons. The molecule has 3 aromatic rings. The number of amides is 1. The minimum atomic E-state index is -0.467. The number of rotatable bonds is 9. The van der Waals surface area contributed by atoms with Gasteiger partial charge in [0.05, 0.1) is 5.57 Å². The molecule has 2 aliphatic rings. The van der Waals surface area contributed by atoms with Crippen molar-refractivity contribution in [2.75, 3.05) is 13.2 Å². The fourth-order valence-electron chi connectivity index (χ4n) is 3.87. The average molecular weight is 526 g/mol. The zero-order valence-corrected chi connectivity index (χ0v) is 21.9. The van der Waals surface area contributed by atoms with Crippen molar-refractivity contribution in [1.82, 2.24) is 9.99 Å². The molecule has 0 saturated heterocycles. The van der Waals surface area contributed by atoms with Crippen LogP contribution in [0.4, 0.5) is 0 Å². The van der Waals surface area contributed by atoms with Gasteiger partial charge in [-0.2, -0.15) is 15.1 Å². The Labute approximate surface area is 225 Å². The monoisotopic (exact) mass is 525 g/mol. The molecule has 1 aromatic heterocycles. The van der Waals surface area contributed by atoms with E-state index in [1.165, 1.54) is 22.3 Å². The Morgan fingerprint density at radius 2 is 1.71 bits per heavy atom. The number of thioether (sulfide) groups is 1. The average Bonchev–Trinajstić information content (AvgIpc) is 3.39. The summed E-state index contributed by atoms with van der Waals surface area (Å²) in [5.41, 5.74) is 3.04. The van der Waals surface area contributed by atoms with Gasteiger partial charge < -0.3 is 9.47 Å². The van der Waals surface area contributed by atoms with Crippen molar-refractivity contribution in [1.29, 1.82) is 5.41 Å². The maximum atomic E-state index is 12.7. The van der Waals surface area contributed by atoms with Crippen LogP contribution in [0.3, 0.4) is 0 Å². The van der Waals surface area contributed by atoms with Crippen molar-refractivity contribution in [2.24, 2.45) is 10.1 Å². The first kappa shape index (κ1) is 25.4. The van der Waals surface area contributed by atoms with Gasteiger partial charge in [0, 0.05) is 18.0 Å². The van der Waals surface area contributed by atoms with Crippen LogP contribution in [0.1, 0.15) is 42.9 Å². The van der Waals surface area contributed by atoms with E-state index < -0.39 is 5.91 Å². The van der Waals surface area contributed by atoms with Crippen LogP contribution in [0.25, 0.3) is 6.08 Å². The second-order valence-corrected chi connectivity index (χ2v) is 9.77. The molecule has 0 saturated carbocycles. The fraction of sp³-hybridized carbons (Fsp3) is 0.207. The number of aromatic nitrogens is 1. The maximum absolute atomic E-state index is 12.7. The molecular formula is C29H27N5O3S. The van der Waals surface area contributed by atoms with Gasteiger partial charge in [0.15, 0.2) is 5.84 Å². The van der Waals surface area contributed by atoms with Crippen LogP contribution in [-0.4, -0.2) is 45.2 Å². The predicted molar refractivity (Wildman–Crippen MR) is 151 cm³/mol. The van der Waals surface area contributed by atoms with E-state index in [-0.39, 0.29) is 11.4 Å². The fourth-order valence-corrected chi connectivity index (χ4v) is 4.75. The van der Waals surface area contributed by atoms with Crippen molar-refractivity contribution in [2.45, 2.75) is 26.2 Å². The number of fused-ring (bicyclic) bond motifs is 1. The molecule has 0 fully saturated rings. The number of amidine groups is 2. The van der Waals surface area contributed by atoms with E-state index >= 15 is 0 Å². The third-order valence-electron chi connectivity index (χ3n) is 6.24. The number of hydrazone groups is 1. The second kappa shape index (κ2) is 11.4. The molecule has 192 valence electrons. The molecule has 1 N–H and O–H groups in total. The van der Waals surface area contributed by atoms with Gasteiger partial charge in [-0.3, -0.25) is 15.2 Å². The lowest BCUT2D eigenvalue weighted by Gasteiger charge is -2.20. The van der Waals surface area contributed by atoms with Gasteiger partial charge in [0.1, 0.15) is 29.8 Å². The molecule has 3 heterocycles. The Kier molecular flexibility index (Phi) is 7.65. The molecular weight excluding hydrogens is 498 g/mol. The van der Waals surface area contributed by atoms with Crippen molar-refractivity contribution in [3.8, 4) is 11.5 Å². The SMILES string of the molecule is CC[C@@H](C)c1ccc(OCCOc2ccc(/C=C3/C(=N)N4N=C(c5cccnc5)SC4=NC3=O)cc2)cc1. The van der Waals surface area contributed by atoms with Crippen LogP contribution >= 0.6 is 11.8 Å². The second-order valence-electron chi connectivity index (χ2n) is 8.81. The highest BCUT2D eigenvalue weighted by Crippen LogP contribution is 2.31. The highest BCUT2D eigenvalue weighted by Gasteiger charge is 2.36. The molecule has 0 bridgehead atoms. The summed E-state index contributed by atoms with van der Waals surface area (Å²) in [6, 6.07) is 19.2. The van der Waals surface area contributed by atoms with E-state index in [9.17, 15) is 4.79 Å². The Hall–Kier alpha value is -4.24. The Bertz CT molecular complexity index is 1420. The van der Waals surface area contributed by atoms with Crippen LogP contribution in [-0.2, 0) is 4.79 Å². The normalized spacial score (nSPS) is 16.7. The molecule has 1 atom stereocenters. The minimum absolute atomic E-state index is 0.0129. The summed E-state index contributed by atoms with van der Waals surface area (Å²) >= 11 is 1.25. The van der Waals surface area contributed by atoms with Gasteiger partial charge in [-0.15, -0.1) is 0 Å². The van der Waals surface area contributed by atoms with Crippen LogP contribution in [0.5, 0.6) is 11.5 Å². The van der Waals surface area contributed by atoms with Crippen molar-refractivity contribution in [3.05, 3.63) is 95.3 Å². The topological polar surface area (TPSA) is 100 Å². The molecule has 5 rings (SSSR count). The molecule has 38 heavy (non-hydrogen) atoms. The summed E-state index contributed by atoms with van der Waals surface area (Å²) in [5.74, 6) is 1.57. The summed E-state index contributed by atoms with van der Waals surface area (Å²) in [4.78, 5) is 20.9. The van der Waals surface area contributed by atoms with E-state index in [1.54, 1.807) is 18.5 Å².